The van der Waals surface area contributed by atoms with E-state index in [0.717, 1.165) is 21.5 Å². The predicted molar refractivity (Wildman–Crippen MR) is 85.9 cm³/mol. The van der Waals surface area contributed by atoms with Crippen molar-refractivity contribution in [3.8, 4) is 0 Å². The van der Waals surface area contributed by atoms with Gasteiger partial charge in [0.1, 0.15) is 5.69 Å². The van der Waals surface area contributed by atoms with Crippen molar-refractivity contribution in [1.29, 1.82) is 0 Å². The summed E-state index contributed by atoms with van der Waals surface area (Å²) in [7, 11) is 1.96. The molecule has 0 saturated carbocycles. The van der Waals surface area contributed by atoms with Crippen molar-refractivity contribution in [2.45, 2.75) is 0 Å². The Hall–Kier alpha value is -1.33. The van der Waals surface area contributed by atoms with E-state index < -0.39 is 0 Å². The zero-order chi connectivity index (χ0) is 13.6. The van der Waals surface area contributed by atoms with Gasteiger partial charge in [0.05, 0.1) is 21.5 Å². The van der Waals surface area contributed by atoms with Gasteiger partial charge in [0.2, 0.25) is 5.43 Å². The highest BCUT2D eigenvalue weighted by molar-refractivity contribution is 9.11. The summed E-state index contributed by atoms with van der Waals surface area (Å²) < 4.78 is 1.38. The van der Waals surface area contributed by atoms with E-state index in [1.165, 1.54) is 0 Å². The zero-order valence-electron chi connectivity index (χ0n) is 10.1. The van der Waals surface area contributed by atoms with Crippen molar-refractivity contribution in [3.63, 3.8) is 0 Å². The molecule has 0 aliphatic carbocycles. The van der Waals surface area contributed by atoms with Crippen molar-refractivity contribution >= 4 is 54.6 Å². The summed E-state index contributed by atoms with van der Waals surface area (Å²) >= 11 is 6.76. The molecule has 1 heterocycles. The van der Waals surface area contributed by atoms with Crippen LogP contribution in [-0.4, -0.2) is 7.05 Å². The number of nitrogens with one attached hydrogen (secondary N) is 1. The van der Waals surface area contributed by atoms with Crippen molar-refractivity contribution in [3.05, 3.63) is 55.6 Å². The molecule has 1 N–H and O–H groups in total. The monoisotopic (exact) mass is 380 g/mol. The van der Waals surface area contributed by atoms with Gasteiger partial charge in [-0.25, -0.2) is 0 Å². The summed E-state index contributed by atoms with van der Waals surface area (Å²) in [5, 5.41) is 3.22. The average Bonchev–Trinajstić information content (AvgIpc) is 2.50. The van der Waals surface area contributed by atoms with Gasteiger partial charge < -0.3 is 10.2 Å². The Morgan fingerprint density at radius 3 is 2.63 bits per heavy atom. The summed E-state index contributed by atoms with van der Waals surface area (Å²) in [4.78, 5) is 14.4. The van der Waals surface area contributed by atoms with Crippen molar-refractivity contribution in [1.82, 2.24) is 0 Å². The Morgan fingerprint density at radius 1 is 1.11 bits per heavy atom. The van der Waals surface area contributed by atoms with E-state index in [1.807, 2.05) is 42.3 Å². The molecule has 96 valence electrons. The van der Waals surface area contributed by atoms with Crippen molar-refractivity contribution < 1.29 is 0 Å². The molecule has 2 aromatic rings. The number of benzene rings is 1. The molecule has 3 rings (SSSR count). The molecule has 0 amide bonds. The highest BCUT2D eigenvalue weighted by atomic mass is 79.9. The maximum atomic E-state index is 12.4. The molecule has 0 bridgehead atoms. The van der Waals surface area contributed by atoms with E-state index in [-0.39, 0.29) is 5.43 Å². The number of nitrogens with zero attached hydrogens (tertiary/aromatic N) is 1. The van der Waals surface area contributed by atoms with Crippen LogP contribution in [0.1, 0.15) is 0 Å². The summed E-state index contributed by atoms with van der Waals surface area (Å²) in [6, 6.07) is 11.6. The lowest BCUT2D eigenvalue weighted by molar-refractivity contribution is 1.18. The number of halogens is 2. The number of fused-ring (bicyclic) bond motifs is 2. The molecule has 3 nitrogen and oxygen atoms in total. The molecule has 0 saturated heterocycles. The molecular weight excluding hydrogens is 372 g/mol. The Bertz CT molecular complexity index is 731. The molecule has 0 aromatic heterocycles. The summed E-state index contributed by atoms with van der Waals surface area (Å²) in [6.07, 6.45) is 0. The Kier molecular flexibility index (Phi) is 3.11. The van der Waals surface area contributed by atoms with Gasteiger partial charge in [-0.15, -0.1) is 0 Å². The number of hydrogen-bond donors (Lipinski definition) is 1. The third-order valence-corrected chi connectivity index (χ3v) is 4.17. The van der Waals surface area contributed by atoms with Crippen LogP contribution >= 0.6 is 31.9 Å². The lowest BCUT2D eigenvalue weighted by Gasteiger charge is -2.29. The third-order valence-electron chi connectivity index (χ3n) is 3.13. The molecule has 19 heavy (non-hydrogen) atoms. The maximum Gasteiger partial charge on any atom is 0.218 e. The van der Waals surface area contributed by atoms with Gasteiger partial charge in [-0.1, -0.05) is 28.1 Å². The van der Waals surface area contributed by atoms with E-state index in [4.69, 9.17) is 0 Å². The highest BCUT2D eigenvalue weighted by Gasteiger charge is 2.21. The molecule has 2 aromatic carbocycles. The number of anilines is 4. The van der Waals surface area contributed by atoms with Crippen LogP contribution in [0.15, 0.2) is 50.1 Å². The minimum Gasteiger partial charge on any atom is -0.349 e. The largest absolute Gasteiger partial charge is 0.349 e. The van der Waals surface area contributed by atoms with Crippen LogP contribution in [0.4, 0.5) is 22.7 Å². The summed E-state index contributed by atoms with van der Waals surface area (Å²) in [5.41, 5.74) is 3.36. The fraction of sp³-hybridized carbons (Fsp3) is 0.0714. The first kappa shape index (κ1) is 12.7. The lowest BCUT2D eigenvalue weighted by Crippen LogP contribution is -2.21. The molecule has 0 spiro atoms. The topological polar surface area (TPSA) is 32.3 Å². The number of hydrogen-bond acceptors (Lipinski definition) is 3. The SMILES string of the molecule is CN1c2ccccc2Nc2c1cc(Br)cc(Br)c2=O. The Labute approximate surface area is 127 Å². The van der Waals surface area contributed by atoms with Gasteiger partial charge in [-0.2, -0.15) is 0 Å². The van der Waals surface area contributed by atoms with Gasteiger partial charge in [-0.05, 0) is 40.2 Å². The Morgan fingerprint density at radius 2 is 1.84 bits per heavy atom. The second-order valence-electron chi connectivity index (χ2n) is 4.31. The third kappa shape index (κ3) is 2.07. The molecule has 1 aliphatic rings. The van der Waals surface area contributed by atoms with E-state index in [2.05, 4.69) is 37.2 Å². The first-order chi connectivity index (χ1) is 9.08. The summed E-state index contributed by atoms with van der Waals surface area (Å²) in [5.74, 6) is 0. The normalized spacial score (nSPS) is 12.5. The van der Waals surface area contributed by atoms with Crippen LogP contribution in [-0.2, 0) is 0 Å². The van der Waals surface area contributed by atoms with Gasteiger partial charge in [0, 0.05) is 11.5 Å². The summed E-state index contributed by atoms with van der Waals surface area (Å²) in [6.45, 7) is 0. The van der Waals surface area contributed by atoms with Gasteiger partial charge in [-0.3, -0.25) is 4.79 Å². The average molecular weight is 382 g/mol. The van der Waals surface area contributed by atoms with Gasteiger partial charge in [0.15, 0.2) is 0 Å². The fourth-order valence-corrected chi connectivity index (χ4v) is 3.39. The molecule has 0 fully saturated rings. The van der Waals surface area contributed by atoms with E-state index in [0.29, 0.717) is 10.2 Å². The maximum absolute atomic E-state index is 12.4. The van der Waals surface area contributed by atoms with E-state index >= 15 is 0 Å². The molecule has 0 atom stereocenters. The highest BCUT2D eigenvalue weighted by Crippen LogP contribution is 2.41. The van der Waals surface area contributed by atoms with Crippen LogP contribution in [0.3, 0.4) is 0 Å². The zero-order valence-corrected chi connectivity index (χ0v) is 13.2. The van der Waals surface area contributed by atoms with Crippen LogP contribution < -0.4 is 15.6 Å². The Balaban J connectivity index is 2.34. The van der Waals surface area contributed by atoms with Gasteiger partial charge >= 0.3 is 0 Å². The molecule has 5 heteroatoms. The number of rotatable bonds is 0. The van der Waals surface area contributed by atoms with Crippen LogP contribution in [0, 0.1) is 0 Å². The minimum atomic E-state index is -0.0537. The van der Waals surface area contributed by atoms with Crippen LogP contribution in [0.5, 0.6) is 0 Å². The van der Waals surface area contributed by atoms with E-state index in [9.17, 15) is 4.79 Å². The molecule has 0 radical (unpaired) electrons. The molecule has 0 unspecified atom stereocenters. The second kappa shape index (κ2) is 4.65. The van der Waals surface area contributed by atoms with Crippen molar-refractivity contribution in [2.75, 3.05) is 17.3 Å². The number of para-hydroxylation sites is 2. The smallest absolute Gasteiger partial charge is 0.218 e. The standard InChI is InChI=1S/C14H10Br2N2O/c1-18-11-5-3-2-4-10(11)17-13-12(18)7-8(15)6-9(16)14(13)19/h2-7,17H,1H3. The van der Waals surface area contributed by atoms with Crippen LogP contribution in [0.25, 0.3) is 0 Å². The first-order valence-electron chi connectivity index (χ1n) is 5.71. The molecular formula is C14H10Br2N2O. The van der Waals surface area contributed by atoms with E-state index in [1.54, 1.807) is 6.07 Å². The second-order valence-corrected chi connectivity index (χ2v) is 6.08. The fourth-order valence-electron chi connectivity index (χ4n) is 2.19. The first-order valence-corrected chi connectivity index (χ1v) is 7.29. The predicted octanol–water partition coefficient (Wildman–Crippen LogP) is 4.40. The lowest BCUT2D eigenvalue weighted by atomic mass is 10.1. The van der Waals surface area contributed by atoms with Crippen molar-refractivity contribution in [2.24, 2.45) is 0 Å². The minimum absolute atomic E-state index is 0.0537. The molecule has 1 aliphatic heterocycles. The van der Waals surface area contributed by atoms with Crippen LogP contribution in [0.2, 0.25) is 0 Å². The quantitative estimate of drug-likeness (QED) is 0.734. The van der Waals surface area contributed by atoms with Gasteiger partial charge in [0.25, 0.3) is 0 Å².